The molecule has 0 unspecified atom stereocenters. The van der Waals surface area contributed by atoms with Gasteiger partial charge in [0, 0.05) is 11.3 Å². The number of nitrogens with zero attached hydrogens (tertiary/aromatic N) is 3. The molecule has 4 rings (SSSR count). The average molecular weight is 368 g/mol. The molecule has 1 N–H and O–H groups in total. The zero-order valence-corrected chi connectivity index (χ0v) is 14.7. The first-order chi connectivity index (χ1) is 13.1. The molecule has 1 amide bonds. The zero-order chi connectivity index (χ0) is 18.8. The number of nitrogens with one attached hydrogen (secondary N) is 1. The van der Waals surface area contributed by atoms with Gasteiger partial charge >= 0.3 is 0 Å². The Morgan fingerprint density at radius 3 is 2.96 bits per heavy atom. The number of benzene rings is 1. The number of ether oxygens (including phenoxy) is 3. The summed E-state index contributed by atoms with van der Waals surface area (Å²) in [6, 6.07) is 7.00. The van der Waals surface area contributed by atoms with Crippen molar-refractivity contribution in [3.05, 3.63) is 47.5 Å². The van der Waals surface area contributed by atoms with Crippen LogP contribution >= 0.6 is 0 Å². The van der Waals surface area contributed by atoms with Crippen molar-refractivity contribution in [1.82, 2.24) is 20.4 Å². The molecule has 0 bridgehead atoms. The third-order valence-corrected chi connectivity index (χ3v) is 3.96. The summed E-state index contributed by atoms with van der Waals surface area (Å²) >= 11 is 0. The van der Waals surface area contributed by atoms with Gasteiger partial charge in [-0.05, 0) is 31.2 Å². The molecule has 0 fully saturated rings. The fourth-order valence-electron chi connectivity index (χ4n) is 2.61. The zero-order valence-electron chi connectivity index (χ0n) is 14.7. The monoisotopic (exact) mass is 368 g/mol. The lowest BCUT2D eigenvalue weighted by Gasteiger charge is -2.08. The summed E-state index contributed by atoms with van der Waals surface area (Å²) in [6.45, 7) is 2.10. The van der Waals surface area contributed by atoms with E-state index in [4.69, 9.17) is 18.7 Å². The SMILES string of the molecule is COc1cnc(C)cc1C(=O)NCc1noc(-c2ccc3c(c2)OCO3)n1. The highest BCUT2D eigenvalue weighted by Crippen LogP contribution is 2.35. The molecular formula is C18H16N4O5. The number of carbonyl (C=O) groups is 1. The van der Waals surface area contributed by atoms with Crippen molar-refractivity contribution < 1.29 is 23.5 Å². The van der Waals surface area contributed by atoms with Crippen LogP contribution in [-0.2, 0) is 6.54 Å². The second kappa shape index (κ2) is 6.94. The maximum absolute atomic E-state index is 12.4. The van der Waals surface area contributed by atoms with Crippen molar-refractivity contribution in [3.8, 4) is 28.7 Å². The van der Waals surface area contributed by atoms with Crippen LogP contribution in [0, 0.1) is 6.92 Å². The van der Waals surface area contributed by atoms with E-state index in [1.807, 2.05) is 0 Å². The fourth-order valence-corrected chi connectivity index (χ4v) is 2.61. The molecule has 0 radical (unpaired) electrons. The number of aryl methyl sites for hydroxylation is 1. The predicted molar refractivity (Wildman–Crippen MR) is 92.6 cm³/mol. The first-order valence-electron chi connectivity index (χ1n) is 8.15. The lowest BCUT2D eigenvalue weighted by molar-refractivity contribution is 0.0946. The van der Waals surface area contributed by atoms with Crippen molar-refractivity contribution in [1.29, 1.82) is 0 Å². The van der Waals surface area contributed by atoms with E-state index >= 15 is 0 Å². The molecule has 2 aromatic heterocycles. The van der Waals surface area contributed by atoms with Gasteiger partial charge in [0.2, 0.25) is 6.79 Å². The summed E-state index contributed by atoms with van der Waals surface area (Å²) in [5, 5.41) is 6.64. The van der Waals surface area contributed by atoms with Crippen LogP contribution in [0.5, 0.6) is 17.2 Å². The van der Waals surface area contributed by atoms with E-state index in [0.29, 0.717) is 45.8 Å². The summed E-state index contributed by atoms with van der Waals surface area (Å²) in [7, 11) is 1.49. The Hall–Kier alpha value is -3.62. The van der Waals surface area contributed by atoms with E-state index in [1.165, 1.54) is 13.3 Å². The Labute approximate surface area is 154 Å². The first kappa shape index (κ1) is 16.8. The number of carbonyl (C=O) groups excluding carboxylic acids is 1. The number of aromatic nitrogens is 3. The molecule has 1 aliphatic heterocycles. The van der Waals surface area contributed by atoms with Gasteiger partial charge < -0.3 is 24.1 Å². The van der Waals surface area contributed by atoms with Crippen molar-refractivity contribution in [2.45, 2.75) is 13.5 Å². The number of hydrogen-bond donors (Lipinski definition) is 1. The lowest BCUT2D eigenvalue weighted by Crippen LogP contribution is -2.24. The smallest absolute Gasteiger partial charge is 0.258 e. The van der Waals surface area contributed by atoms with Crippen LogP contribution < -0.4 is 19.5 Å². The molecule has 1 aliphatic rings. The van der Waals surface area contributed by atoms with Crippen LogP contribution in [-0.4, -0.2) is 34.9 Å². The fraction of sp³-hybridized carbons (Fsp3) is 0.222. The first-order valence-corrected chi connectivity index (χ1v) is 8.15. The molecule has 9 nitrogen and oxygen atoms in total. The number of fused-ring (bicyclic) bond motifs is 1. The van der Waals surface area contributed by atoms with E-state index in [1.54, 1.807) is 31.2 Å². The minimum absolute atomic E-state index is 0.109. The van der Waals surface area contributed by atoms with Gasteiger partial charge in [0.15, 0.2) is 17.3 Å². The van der Waals surface area contributed by atoms with Gasteiger partial charge in [-0.3, -0.25) is 9.78 Å². The molecular weight excluding hydrogens is 352 g/mol. The van der Waals surface area contributed by atoms with E-state index in [2.05, 4.69) is 20.4 Å². The van der Waals surface area contributed by atoms with Crippen LogP contribution in [0.25, 0.3) is 11.5 Å². The summed E-state index contributed by atoms with van der Waals surface area (Å²) < 4.78 is 21.1. The molecule has 1 aromatic carbocycles. The van der Waals surface area contributed by atoms with Crippen LogP contribution in [0.4, 0.5) is 0 Å². The van der Waals surface area contributed by atoms with E-state index in [-0.39, 0.29) is 19.2 Å². The van der Waals surface area contributed by atoms with E-state index < -0.39 is 0 Å². The third-order valence-electron chi connectivity index (χ3n) is 3.96. The van der Waals surface area contributed by atoms with Gasteiger partial charge in [-0.25, -0.2) is 0 Å². The van der Waals surface area contributed by atoms with Gasteiger partial charge in [-0.2, -0.15) is 4.98 Å². The highest BCUT2D eigenvalue weighted by Gasteiger charge is 2.18. The summed E-state index contributed by atoms with van der Waals surface area (Å²) in [6.07, 6.45) is 1.51. The van der Waals surface area contributed by atoms with Crippen molar-refractivity contribution >= 4 is 5.91 Å². The van der Waals surface area contributed by atoms with Crippen molar-refractivity contribution in [3.63, 3.8) is 0 Å². The van der Waals surface area contributed by atoms with Gasteiger partial charge in [-0.1, -0.05) is 5.16 Å². The summed E-state index contributed by atoms with van der Waals surface area (Å²) in [4.78, 5) is 20.8. The Morgan fingerprint density at radius 2 is 2.11 bits per heavy atom. The predicted octanol–water partition coefficient (Wildman–Crippen LogP) is 2.11. The quantitative estimate of drug-likeness (QED) is 0.729. The highest BCUT2D eigenvalue weighted by atomic mass is 16.7. The van der Waals surface area contributed by atoms with Gasteiger partial charge in [0.1, 0.15) is 5.75 Å². The summed E-state index contributed by atoms with van der Waals surface area (Å²) in [5.41, 5.74) is 1.81. The van der Waals surface area contributed by atoms with Gasteiger partial charge in [0.25, 0.3) is 11.8 Å². The molecule has 0 saturated carbocycles. The molecule has 3 heterocycles. The lowest BCUT2D eigenvalue weighted by atomic mass is 10.2. The average Bonchev–Trinajstić information content (AvgIpc) is 3.34. The second-order valence-electron chi connectivity index (χ2n) is 5.79. The Balaban J connectivity index is 1.46. The van der Waals surface area contributed by atoms with E-state index in [9.17, 15) is 4.79 Å². The number of rotatable bonds is 5. The Kier molecular flexibility index (Phi) is 4.33. The molecule has 0 atom stereocenters. The number of methoxy groups -OCH3 is 1. The molecule has 0 aliphatic carbocycles. The molecule has 27 heavy (non-hydrogen) atoms. The highest BCUT2D eigenvalue weighted by molar-refractivity contribution is 5.96. The van der Waals surface area contributed by atoms with Crippen LogP contribution in [0.1, 0.15) is 21.9 Å². The van der Waals surface area contributed by atoms with E-state index in [0.717, 1.165) is 0 Å². The maximum atomic E-state index is 12.4. The Bertz CT molecular complexity index is 1000. The second-order valence-corrected chi connectivity index (χ2v) is 5.79. The van der Waals surface area contributed by atoms with Gasteiger partial charge in [0.05, 0.1) is 25.4 Å². The normalized spacial score (nSPS) is 12.1. The molecule has 9 heteroatoms. The minimum Gasteiger partial charge on any atom is -0.494 e. The van der Waals surface area contributed by atoms with Crippen molar-refractivity contribution in [2.75, 3.05) is 13.9 Å². The number of pyridine rings is 1. The number of amides is 1. The van der Waals surface area contributed by atoms with Crippen LogP contribution in [0.15, 0.2) is 35.0 Å². The maximum Gasteiger partial charge on any atom is 0.258 e. The summed E-state index contributed by atoms with van der Waals surface area (Å²) in [5.74, 6) is 2.06. The van der Waals surface area contributed by atoms with Crippen LogP contribution in [0.3, 0.4) is 0 Å². The molecule has 3 aromatic rings. The van der Waals surface area contributed by atoms with Crippen molar-refractivity contribution in [2.24, 2.45) is 0 Å². The molecule has 0 spiro atoms. The topological polar surface area (TPSA) is 109 Å². The standard InChI is InChI=1S/C18H16N4O5/c1-10-5-12(15(24-2)7-19-10)17(23)20-8-16-21-18(27-22-16)11-3-4-13-14(6-11)26-9-25-13/h3-7H,8-9H2,1-2H3,(H,20,23). The van der Waals surface area contributed by atoms with Crippen LogP contribution in [0.2, 0.25) is 0 Å². The number of hydrogen-bond acceptors (Lipinski definition) is 8. The minimum atomic E-state index is -0.313. The Morgan fingerprint density at radius 1 is 1.26 bits per heavy atom. The third kappa shape index (κ3) is 3.39. The van der Waals surface area contributed by atoms with Gasteiger partial charge in [-0.15, -0.1) is 0 Å². The largest absolute Gasteiger partial charge is 0.494 e. The molecule has 0 saturated heterocycles. The molecule has 138 valence electrons.